The van der Waals surface area contributed by atoms with Crippen molar-refractivity contribution in [3.63, 3.8) is 0 Å². The Morgan fingerprint density at radius 2 is 1.78 bits per heavy atom. The zero-order valence-electron chi connectivity index (χ0n) is 11.7. The monoisotopic (exact) mass is 255 g/mol. The second-order valence-electron chi connectivity index (χ2n) is 6.15. The summed E-state index contributed by atoms with van der Waals surface area (Å²) < 4.78 is 5.17. The van der Waals surface area contributed by atoms with Crippen LogP contribution >= 0.6 is 0 Å². The van der Waals surface area contributed by atoms with Gasteiger partial charge in [-0.15, -0.1) is 0 Å². The Morgan fingerprint density at radius 3 is 2.28 bits per heavy atom. The van der Waals surface area contributed by atoms with E-state index in [2.05, 4.69) is 0 Å². The van der Waals surface area contributed by atoms with Crippen molar-refractivity contribution in [2.75, 3.05) is 0 Å². The largest absolute Gasteiger partial charge is 0.459 e. The Labute approximate surface area is 109 Å². The minimum absolute atomic E-state index is 0.104. The number of rotatable bonds is 4. The summed E-state index contributed by atoms with van der Waals surface area (Å²) in [7, 11) is 0. The minimum Gasteiger partial charge on any atom is -0.459 e. The lowest BCUT2D eigenvalue weighted by Gasteiger charge is -2.24. The number of Topliss-reactive ketones (excluding diaryl/α,β-unsaturated/α-hetero) is 1. The van der Waals surface area contributed by atoms with Crippen molar-refractivity contribution in [3.8, 4) is 0 Å². The van der Waals surface area contributed by atoms with Gasteiger partial charge in [-0.25, -0.2) is 0 Å². The Hall–Kier alpha value is -0.900. The van der Waals surface area contributed by atoms with Crippen molar-refractivity contribution in [3.05, 3.63) is 0 Å². The third-order valence-corrected chi connectivity index (χ3v) is 3.19. The Kier molecular flexibility index (Phi) is 5.32. The molecule has 0 bridgehead atoms. The summed E-state index contributed by atoms with van der Waals surface area (Å²) in [6.07, 6.45) is 5.43. The second kappa shape index (κ2) is 6.32. The van der Waals surface area contributed by atoms with Gasteiger partial charge in [0.1, 0.15) is 17.4 Å². The molecule has 1 fully saturated rings. The molecule has 1 unspecified atom stereocenters. The van der Waals surface area contributed by atoms with Gasteiger partial charge >= 0.3 is 5.97 Å². The van der Waals surface area contributed by atoms with Crippen molar-refractivity contribution < 1.29 is 14.3 Å². The van der Waals surface area contributed by atoms with Gasteiger partial charge in [-0.1, -0.05) is 19.3 Å². The van der Waals surface area contributed by atoms with Crippen LogP contribution in [0.15, 0.2) is 0 Å². The number of carbonyl (C=O) groups excluding carboxylic acids is 2. The fourth-order valence-electron chi connectivity index (χ4n) is 2.27. The van der Waals surface area contributed by atoms with E-state index in [1.54, 1.807) is 20.8 Å². The summed E-state index contributed by atoms with van der Waals surface area (Å²) in [5.41, 5.74) is 5.18. The Bertz CT molecular complexity index is 301. The van der Waals surface area contributed by atoms with Gasteiger partial charge in [0.15, 0.2) is 0 Å². The van der Waals surface area contributed by atoms with E-state index in [9.17, 15) is 9.59 Å². The maximum absolute atomic E-state index is 12.0. The Morgan fingerprint density at radius 1 is 1.22 bits per heavy atom. The zero-order valence-corrected chi connectivity index (χ0v) is 11.7. The van der Waals surface area contributed by atoms with E-state index in [0.717, 1.165) is 25.7 Å². The number of hydrogen-bond acceptors (Lipinski definition) is 4. The van der Waals surface area contributed by atoms with Gasteiger partial charge < -0.3 is 10.5 Å². The molecule has 0 aliphatic heterocycles. The van der Waals surface area contributed by atoms with Gasteiger partial charge in [0.2, 0.25) is 0 Å². The summed E-state index contributed by atoms with van der Waals surface area (Å²) in [6, 6.07) is -0.821. The molecule has 0 heterocycles. The maximum atomic E-state index is 12.0. The van der Waals surface area contributed by atoms with Gasteiger partial charge in [-0.05, 0) is 33.6 Å². The summed E-state index contributed by atoms with van der Waals surface area (Å²) in [6.45, 7) is 5.38. The van der Waals surface area contributed by atoms with Crippen molar-refractivity contribution in [1.29, 1.82) is 0 Å². The molecule has 0 aromatic carbocycles. The van der Waals surface area contributed by atoms with Gasteiger partial charge in [-0.2, -0.15) is 0 Å². The molecule has 0 aromatic heterocycles. The summed E-state index contributed by atoms with van der Waals surface area (Å²) in [5, 5.41) is 0. The van der Waals surface area contributed by atoms with Crippen LogP contribution in [0.5, 0.6) is 0 Å². The molecule has 1 rings (SSSR count). The summed E-state index contributed by atoms with van der Waals surface area (Å²) >= 11 is 0. The van der Waals surface area contributed by atoms with Gasteiger partial charge in [0.05, 0.1) is 0 Å². The van der Waals surface area contributed by atoms with Crippen LogP contribution in [0, 0.1) is 5.92 Å². The number of ketones is 1. The highest BCUT2D eigenvalue weighted by Crippen LogP contribution is 2.25. The van der Waals surface area contributed by atoms with Crippen LogP contribution in [0.2, 0.25) is 0 Å². The van der Waals surface area contributed by atoms with E-state index < -0.39 is 17.6 Å². The highest BCUT2D eigenvalue weighted by Gasteiger charge is 2.28. The fourth-order valence-corrected chi connectivity index (χ4v) is 2.27. The van der Waals surface area contributed by atoms with Gasteiger partial charge in [-0.3, -0.25) is 9.59 Å². The molecule has 1 aliphatic carbocycles. The van der Waals surface area contributed by atoms with Crippen LogP contribution in [0.4, 0.5) is 0 Å². The first-order chi connectivity index (χ1) is 8.29. The molecule has 4 heteroatoms. The van der Waals surface area contributed by atoms with Crippen molar-refractivity contribution in [2.45, 2.75) is 70.9 Å². The number of esters is 1. The maximum Gasteiger partial charge on any atom is 0.323 e. The molecule has 0 amide bonds. The predicted octanol–water partition coefficient (Wildman–Crippen LogP) is 2.19. The SMILES string of the molecule is CC(C)(C)OC(=O)C(N)CC(=O)C1CCCCC1. The standard InChI is InChI=1S/C14H25NO3/c1-14(2,3)18-13(17)11(15)9-12(16)10-7-5-4-6-8-10/h10-11H,4-9,15H2,1-3H3. The Balaban J connectivity index is 2.41. The molecule has 1 aliphatic rings. The average molecular weight is 255 g/mol. The summed E-state index contributed by atoms with van der Waals surface area (Å²) in [5.74, 6) is -0.257. The molecular weight excluding hydrogens is 230 g/mol. The number of hydrogen-bond donors (Lipinski definition) is 1. The van der Waals surface area contributed by atoms with E-state index in [0.29, 0.717) is 0 Å². The lowest BCUT2D eigenvalue weighted by molar-refractivity contribution is -0.157. The van der Waals surface area contributed by atoms with E-state index >= 15 is 0 Å². The molecule has 1 saturated carbocycles. The smallest absolute Gasteiger partial charge is 0.323 e. The first-order valence-electron chi connectivity index (χ1n) is 6.81. The topological polar surface area (TPSA) is 69.4 Å². The molecule has 2 N–H and O–H groups in total. The number of carbonyl (C=O) groups is 2. The fraction of sp³-hybridized carbons (Fsp3) is 0.857. The zero-order chi connectivity index (χ0) is 13.8. The van der Waals surface area contributed by atoms with Crippen LogP contribution in [0.25, 0.3) is 0 Å². The van der Waals surface area contributed by atoms with Crippen LogP contribution < -0.4 is 5.73 Å². The lowest BCUT2D eigenvalue weighted by Crippen LogP contribution is -2.39. The third-order valence-electron chi connectivity index (χ3n) is 3.19. The van der Waals surface area contributed by atoms with Gasteiger partial charge in [0, 0.05) is 12.3 Å². The third kappa shape index (κ3) is 5.17. The van der Waals surface area contributed by atoms with Crippen molar-refractivity contribution in [1.82, 2.24) is 0 Å². The predicted molar refractivity (Wildman–Crippen MR) is 70.0 cm³/mol. The van der Waals surface area contributed by atoms with Crippen LogP contribution in [-0.4, -0.2) is 23.4 Å². The van der Waals surface area contributed by atoms with E-state index in [1.165, 1.54) is 6.42 Å². The first-order valence-corrected chi connectivity index (χ1v) is 6.81. The summed E-state index contributed by atoms with van der Waals surface area (Å²) in [4.78, 5) is 23.7. The number of nitrogens with two attached hydrogens (primary N) is 1. The van der Waals surface area contributed by atoms with Crippen LogP contribution in [0.1, 0.15) is 59.3 Å². The van der Waals surface area contributed by atoms with Crippen LogP contribution in [-0.2, 0) is 14.3 Å². The lowest BCUT2D eigenvalue weighted by atomic mass is 9.84. The van der Waals surface area contributed by atoms with Crippen LogP contribution in [0.3, 0.4) is 0 Å². The average Bonchev–Trinajstić information content (AvgIpc) is 2.27. The van der Waals surface area contributed by atoms with Crippen molar-refractivity contribution >= 4 is 11.8 Å². The minimum atomic E-state index is -0.821. The normalized spacial score (nSPS) is 19.3. The molecule has 18 heavy (non-hydrogen) atoms. The van der Waals surface area contributed by atoms with E-state index in [4.69, 9.17) is 10.5 Å². The van der Waals surface area contributed by atoms with E-state index in [-0.39, 0.29) is 18.1 Å². The second-order valence-corrected chi connectivity index (χ2v) is 6.15. The molecule has 4 nitrogen and oxygen atoms in total. The molecule has 104 valence electrons. The molecule has 0 radical (unpaired) electrons. The number of ether oxygens (including phenoxy) is 1. The molecule has 1 atom stereocenters. The highest BCUT2D eigenvalue weighted by atomic mass is 16.6. The molecule has 0 saturated heterocycles. The van der Waals surface area contributed by atoms with Crippen molar-refractivity contribution in [2.24, 2.45) is 11.7 Å². The quantitative estimate of drug-likeness (QED) is 0.782. The highest BCUT2D eigenvalue weighted by molar-refractivity contribution is 5.87. The first kappa shape index (κ1) is 15.2. The van der Waals surface area contributed by atoms with Gasteiger partial charge in [0.25, 0.3) is 0 Å². The van der Waals surface area contributed by atoms with E-state index in [1.807, 2.05) is 0 Å². The molecule has 0 spiro atoms. The molecular formula is C14H25NO3. The molecule has 0 aromatic rings.